The van der Waals surface area contributed by atoms with Gasteiger partial charge in [0.2, 0.25) is 0 Å². The van der Waals surface area contributed by atoms with Crippen molar-refractivity contribution in [2.75, 3.05) is 24.6 Å². The molecular weight excluding hydrogens is 212 g/mol. The van der Waals surface area contributed by atoms with Crippen LogP contribution in [0, 0.1) is 0 Å². The van der Waals surface area contributed by atoms with Crippen molar-refractivity contribution in [3.63, 3.8) is 0 Å². The van der Waals surface area contributed by atoms with Crippen molar-refractivity contribution >= 4 is 17.7 Å². The predicted octanol–water partition coefficient (Wildman–Crippen LogP) is 0.370. The number of carbonyl (C=O) groups is 1. The van der Waals surface area contributed by atoms with E-state index in [1.807, 2.05) is 0 Å². The average molecular weight is 230 g/mol. The lowest BCUT2D eigenvalue weighted by atomic mass is 9.92. The second-order valence-corrected chi connectivity index (χ2v) is 5.59. The molecule has 0 amide bonds. The number of nitrogens with two attached hydrogens (primary N) is 1. The number of rotatable bonds is 2. The van der Waals surface area contributed by atoms with Crippen LogP contribution in [0.2, 0.25) is 0 Å². The van der Waals surface area contributed by atoms with Gasteiger partial charge in [-0.1, -0.05) is 0 Å². The third kappa shape index (κ3) is 2.00. The molecule has 5 heteroatoms. The first-order valence-corrected chi connectivity index (χ1v) is 6.62. The van der Waals surface area contributed by atoms with Crippen LogP contribution in [0.5, 0.6) is 0 Å². The number of piperidine rings is 1. The topological polar surface area (TPSA) is 66.6 Å². The average Bonchev–Trinajstić information content (AvgIpc) is 2.67. The van der Waals surface area contributed by atoms with Crippen LogP contribution in [-0.2, 0) is 4.79 Å². The summed E-state index contributed by atoms with van der Waals surface area (Å²) in [7, 11) is 0. The van der Waals surface area contributed by atoms with E-state index in [1.165, 1.54) is 0 Å². The van der Waals surface area contributed by atoms with Crippen molar-refractivity contribution in [2.24, 2.45) is 5.73 Å². The van der Waals surface area contributed by atoms with E-state index < -0.39 is 11.5 Å². The zero-order chi connectivity index (χ0) is 10.9. The smallest absolute Gasteiger partial charge is 0.325 e. The molecule has 0 aromatic carbocycles. The number of hydrogen-bond acceptors (Lipinski definition) is 4. The van der Waals surface area contributed by atoms with Crippen molar-refractivity contribution in [3.8, 4) is 0 Å². The molecule has 0 aliphatic carbocycles. The van der Waals surface area contributed by atoms with Crippen molar-refractivity contribution in [2.45, 2.75) is 30.8 Å². The first-order valence-electron chi connectivity index (χ1n) is 5.47. The van der Waals surface area contributed by atoms with E-state index in [0.29, 0.717) is 0 Å². The molecule has 0 aromatic rings. The Hall–Kier alpha value is -0.260. The van der Waals surface area contributed by atoms with Crippen molar-refractivity contribution in [1.29, 1.82) is 0 Å². The minimum atomic E-state index is -0.665. The van der Waals surface area contributed by atoms with Crippen LogP contribution < -0.4 is 5.73 Å². The van der Waals surface area contributed by atoms with Gasteiger partial charge < -0.3 is 10.8 Å². The number of carboxylic acids is 1. The number of thioether (sulfide) groups is 1. The Balaban J connectivity index is 2.13. The highest BCUT2D eigenvalue weighted by Gasteiger charge is 2.47. The maximum atomic E-state index is 11.4. The lowest BCUT2D eigenvalue weighted by Crippen LogP contribution is -2.60. The fourth-order valence-corrected chi connectivity index (χ4v) is 3.92. The van der Waals surface area contributed by atoms with E-state index >= 15 is 0 Å². The summed E-state index contributed by atoms with van der Waals surface area (Å²) in [6, 6.07) is 0.153. The molecule has 2 aliphatic heterocycles. The maximum Gasteiger partial charge on any atom is 0.325 e. The molecule has 2 atom stereocenters. The monoisotopic (exact) mass is 230 g/mol. The molecule has 4 nitrogen and oxygen atoms in total. The summed E-state index contributed by atoms with van der Waals surface area (Å²) in [6.45, 7) is 1.63. The maximum absolute atomic E-state index is 11.4. The Morgan fingerprint density at radius 2 is 2.40 bits per heavy atom. The van der Waals surface area contributed by atoms with E-state index in [4.69, 9.17) is 5.73 Å². The van der Waals surface area contributed by atoms with Gasteiger partial charge in [-0.3, -0.25) is 9.69 Å². The van der Waals surface area contributed by atoms with E-state index in [0.717, 1.165) is 43.9 Å². The predicted molar refractivity (Wildman–Crippen MR) is 61.1 cm³/mol. The number of nitrogens with zero attached hydrogens (tertiary/aromatic N) is 1. The normalized spacial score (nSPS) is 38.1. The number of carboxylic acid groups (broad SMARTS) is 1. The number of likely N-dealkylation sites (tertiary alicyclic amines) is 1. The zero-order valence-corrected chi connectivity index (χ0v) is 9.63. The van der Waals surface area contributed by atoms with Crippen molar-refractivity contribution in [1.82, 2.24) is 4.90 Å². The quantitative estimate of drug-likeness (QED) is 0.717. The van der Waals surface area contributed by atoms with E-state index in [-0.39, 0.29) is 6.04 Å². The Morgan fingerprint density at radius 1 is 1.60 bits per heavy atom. The molecule has 0 radical (unpaired) electrons. The van der Waals surface area contributed by atoms with Crippen LogP contribution in [0.1, 0.15) is 19.3 Å². The van der Waals surface area contributed by atoms with Crippen molar-refractivity contribution in [3.05, 3.63) is 0 Å². The van der Waals surface area contributed by atoms with Gasteiger partial charge in [-0.15, -0.1) is 0 Å². The molecule has 0 spiro atoms. The van der Waals surface area contributed by atoms with Crippen LogP contribution in [0.25, 0.3) is 0 Å². The summed E-state index contributed by atoms with van der Waals surface area (Å²) >= 11 is 1.74. The Labute approximate surface area is 94.2 Å². The summed E-state index contributed by atoms with van der Waals surface area (Å²) in [6.07, 6.45) is 2.82. The van der Waals surface area contributed by atoms with E-state index in [2.05, 4.69) is 4.90 Å². The van der Waals surface area contributed by atoms with E-state index in [1.54, 1.807) is 11.8 Å². The van der Waals surface area contributed by atoms with Crippen LogP contribution >= 0.6 is 11.8 Å². The number of hydrogen-bond donors (Lipinski definition) is 2. The second kappa shape index (κ2) is 4.31. The van der Waals surface area contributed by atoms with Crippen LogP contribution in [0.3, 0.4) is 0 Å². The van der Waals surface area contributed by atoms with Crippen LogP contribution in [-0.4, -0.2) is 52.2 Å². The highest BCUT2D eigenvalue weighted by atomic mass is 32.2. The Kier molecular flexibility index (Phi) is 3.23. The Bertz CT molecular complexity index is 254. The molecule has 0 bridgehead atoms. The van der Waals surface area contributed by atoms with Gasteiger partial charge in [0.1, 0.15) is 5.54 Å². The molecule has 2 fully saturated rings. The zero-order valence-electron chi connectivity index (χ0n) is 8.82. The second-order valence-electron chi connectivity index (χ2n) is 4.49. The molecule has 0 saturated carbocycles. The minimum Gasteiger partial charge on any atom is -0.480 e. The summed E-state index contributed by atoms with van der Waals surface area (Å²) in [5.41, 5.74) is 5.29. The minimum absolute atomic E-state index is 0.153. The lowest BCUT2D eigenvalue weighted by Gasteiger charge is -2.41. The fraction of sp³-hybridized carbons (Fsp3) is 0.900. The molecule has 2 heterocycles. The molecule has 2 saturated heterocycles. The van der Waals surface area contributed by atoms with Gasteiger partial charge in [-0.05, 0) is 31.6 Å². The molecule has 2 unspecified atom stereocenters. The van der Waals surface area contributed by atoms with Gasteiger partial charge in [-0.25, -0.2) is 0 Å². The van der Waals surface area contributed by atoms with Crippen LogP contribution in [0.4, 0.5) is 0 Å². The lowest BCUT2D eigenvalue weighted by molar-refractivity contribution is -0.150. The van der Waals surface area contributed by atoms with E-state index in [9.17, 15) is 9.90 Å². The third-order valence-corrected chi connectivity index (χ3v) is 4.64. The summed E-state index contributed by atoms with van der Waals surface area (Å²) in [5.74, 6) is 1.01. The molecule has 86 valence electrons. The molecule has 15 heavy (non-hydrogen) atoms. The summed E-state index contributed by atoms with van der Waals surface area (Å²) in [4.78, 5) is 13.5. The third-order valence-electron chi connectivity index (χ3n) is 3.46. The highest BCUT2D eigenvalue weighted by molar-refractivity contribution is 7.99. The fourth-order valence-electron chi connectivity index (χ4n) is 2.51. The van der Waals surface area contributed by atoms with Gasteiger partial charge in [0, 0.05) is 18.3 Å². The first kappa shape index (κ1) is 11.2. The van der Waals surface area contributed by atoms with Gasteiger partial charge in [0.05, 0.1) is 0 Å². The highest BCUT2D eigenvalue weighted by Crippen LogP contribution is 2.35. The largest absolute Gasteiger partial charge is 0.480 e. The van der Waals surface area contributed by atoms with Gasteiger partial charge in [0.15, 0.2) is 0 Å². The summed E-state index contributed by atoms with van der Waals surface area (Å²) in [5, 5.41) is 9.41. The standard InChI is InChI=1S/C10H18N2O2S/c11-8-2-1-4-12(6-8)10(9(13)14)3-5-15-7-10/h8H,1-7,11H2,(H,13,14). The Morgan fingerprint density at radius 3 is 2.93 bits per heavy atom. The van der Waals surface area contributed by atoms with Gasteiger partial charge in [-0.2, -0.15) is 11.8 Å². The SMILES string of the molecule is NC1CCCN(C2(C(=O)O)CCSC2)C1. The van der Waals surface area contributed by atoms with Gasteiger partial charge >= 0.3 is 5.97 Å². The number of aliphatic carboxylic acids is 1. The van der Waals surface area contributed by atoms with Crippen molar-refractivity contribution < 1.29 is 9.90 Å². The van der Waals surface area contributed by atoms with Crippen LogP contribution in [0.15, 0.2) is 0 Å². The molecule has 3 N–H and O–H groups in total. The first-order chi connectivity index (χ1) is 7.15. The molecule has 0 aromatic heterocycles. The summed E-state index contributed by atoms with van der Waals surface area (Å²) < 4.78 is 0. The molecule has 2 rings (SSSR count). The molecule has 2 aliphatic rings. The van der Waals surface area contributed by atoms with Gasteiger partial charge in [0.25, 0.3) is 0 Å². The molecular formula is C10H18N2O2S.